The molecule has 3 rings (SSSR count). The SMILES string of the molecule is COC(=O)N1CCCN(C(=O)c2cccc(NC(=O)c3ccc(Br)o3)c2)CC1. The van der Waals surface area contributed by atoms with Crippen LogP contribution in [-0.2, 0) is 4.74 Å². The van der Waals surface area contributed by atoms with Gasteiger partial charge < -0.3 is 24.3 Å². The van der Waals surface area contributed by atoms with E-state index in [2.05, 4.69) is 21.2 Å². The third-order valence-electron chi connectivity index (χ3n) is 4.38. The molecule has 1 fully saturated rings. The fourth-order valence-electron chi connectivity index (χ4n) is 2.97. The largest absolute Gasteiger partial charge is 0.453 e. The first-order valence-electron chi connectivity index (χ1n) is 8.77. The Hall–Kier alpha value is -2.81. The third-order valence-corrected chi connectivity index (χ3v) is 4.81. The molecule has 3 amide bonds. The summed E-state index contributed by atoms with van der Waals surface area (Å²) in [5.41, 5.74) is 0.958. The second kappa shape index (κ2) is 8.92. The van der Waals surface area contributed by atoms with Crippen LogP contribution in [0.4, 0.5) is 10.5 Å². The number of ether oxygens (including phenoxy) is 1. The van der Waals surface area contributed by atoms with E-state index < -0.39 is 5.91 Å². The zero-order chi connectivity index (χ0) is 20.1. The molecule has 0 aliphatic carbocycles. The van der Waals surface area contributed by atoms with Crippen LogP contribution in [0.1, 0.15) is 27.3 Å². The number of rotatable bonds is 3. The highest BCUT2D eigenvalue weighted by Gasteiger charge is 2.23. The molecule has 0 radical (unpaired) electrons. The van der Waals surface area contributed by atoms with E-state index in [1.165, 1.54) is 7.11 Å². The molecule has 1 N–H and O–H groups in total. The summed E-state index contributed by atoms with van der Waals surface area (Å²) in [6, 6.07) is 9.92. The second-order valence-corrected chi connectivity index (χ2v) is 7.02. The van der Waals surface area contributed by atoms with E-state index in [0.29, 0.717) is 48.5 Å². The number of anilines is 1. The Bertz CT molecular complexity index is 882. The molecule has 0 saturated carbocycles. The molecule has 9 heteroatoms. The van der Waals surface area contributed by atoms with Gasteiger partial charge in [0, 0.05) is 37.4 Å². The predicted octanol–water partition coefficient (Wildman–Crippen LogP) is 3.21. The molecule has 1 saturated heterocycles. The van der Waals surface area contributed by atoms with Gasteiger partial charge in [0.15, 0.2) is 10.4 Å². The standard InChI is InChI=1S/C19H20BrN3O5/c1-27-19(26)23-9-3-8-22(10-11-23)18(25)13-4-2-5-14(12-13)21-17(24)15-6-7-16(20)28-15/h2,4-7,12H,3,8-11H2,1H3,(H,21,24). The van der Waals surface area contributed by atoms with Crippen LogP contribution >= 0.6 is 15.9 Å². The van der Waals surface area contributed by atoms with Gasteiger partial charge in [0.2, 0.25) is 0 Å². The minimum Gasteiger partial charge on any atom is -0.453 e. The van der Waals surface area contributed by atoms with Crippen LogP contribution in [0.5, 0.6) is 0 Å². The lowest BCUT2D eigenvalue weighted by molar-refractivity contribution is 0.0757. The first-order valence-corrected chi connectivity index (χ1v) is 9.56. The summed E-state index contributed by atoms with van der Waals surface area (Å²) in [5.74, 6) is -0.388. The van der Waals surface area contributed by atoms with Crippen molar-refractivity contribution in [3.63, 3.8) is 0 Å². The lowest BCUT2D eigenvalue weighted by atomic mass is 10.1. The molecule has 0 atom stereocenters. The van der Waals surface area contributed by atoms with Gasteiger partial charge in [-0.15, -0.1) is 0 Å². The predicted molar refractivity (Wildman–Crippen MR) is 105 cm³/mol. The number of nitrogens with one attached hydrogen (secondary N) is 1. The first kappa shape index (κ1) is 19.9. The van der Waals surface area contributed by atoms with Gasteiger partial charge in [-0.25, -0.2) is 4.79 Å². The van der Waals surface area contributed by atoms with Crippen molar-refractivity contribution in [1.82, 2.24) is 9.80 Å². The Morgan fingerprint density at radius 3 is 2.54 bits per heavy atom. The first-order chi connectivity index (χ1) is 13.5. The van der Waals surface area contributed by atoms with Gasteiger partial charge in [-0.05, 0) is 52.7 Å². The molecule has 2 aromatic rings. The van der Waals surface area contributed by atoms with E-state index >= 15 is 0 Å². The number of methoxy groups -OCH3 is 1. The van der Waals surface area contributed by atoms with Crippen LogP contribution in [0.2, 0.25) is 0 Å². The molecular formula is C19H20BrN3O5. The van der Waals surface area contributed by atoms with Crippen LogP contribution < -0.4 is 5.32 Å². The van der Waals surface area contributed by atoms with Crippen LogP contribution in [0.25, 0.3) is 0 Å². The summed E-state index contributed by atoms with van der Waals surface area (Å²) >= 11 is 3.16. The Morgan fingerprint density at radius 1 is 1.07 bits per heavy atom. The van der Waals surface area contributed by atoms with Crippen molar-refractivity contribution in [2.24, 2.45) is 0 Å². The Balaban J connectivity index is 1.66. The number of nitrogens with zero attached hydrogens (tertiary/aromatic N) is 2. The van der Waals surface area contributed by atoms with Crippen LogP contribution in [0, 0.1) is 0 Å². The molecule has 0 spiro atoms. The Labute approximate surface area is 170 Å². The lowest BCUT2D eigenvalue weighted by Crippen LogP contribution is -2.37. The molecule has 8 nitrogen and oxygen atoms in total. The summed E-state index contributed by atoms with van der Waals surface area (Å²) in [7, 11) is 1.34. The number of halogens is 1. The molecule has 28 heavy (non-hydrogen) atoms. The van der Waals surface area contributed by atoms with Crippen molar-refractivity contribution in [1.29, 1.82) is 0 Å². The molecule has 0 bridgehead atoms. The summed E-state index contributed by atoms with van der Waals surface area (Å²) in [4.78, 5) is 40.0. The highest BCUT2D eigenvalue weighted by atomic mass is 79.9. The van der Waals surface area contributed by atoms with E-state index in [1.54, 1.807) is 46.2 Å². The minimum atomic E-state index is -0.404. The van der Waals surface area contributed by atoms with Gasteiger partial charge in [-0.3, -0.25) is 9.59 Å². The maximum Gasteiger partial charge on any atom is 0.409 e. The molecular weight excluding hydrogens is 430 g/mol. The number of amides is 3. The van der Waals surface area contributed by atoms with E-state index in [9.17, 15) is 14.4 Å². The maximum atomic E-state index is 12.9. The summed E-state index contributed by atoms with van der Waals surface area (Å²) < 4.78 is 10.4. The van der Waals surface area contributed by atoms with Crippen molar-refractivity contribution in [2.75, 3.05) is 38.6 Å². The smallest absolute Gasteiger partial charge is 0.409 e. The van der Waals surface area contributed by atoms with Crippen LogP contribution in [0.3, 0.4) is 0 Å². The number of furan rings is 1. The maximum absolute atomic E-state index is 12.9. The normalized spacial score (nSPS) is 14.4. The summed E-state index contributed by atoms with van der Waals surface area (Å²) in [5, 5.41) is 2.72. The summed E-state index contributed by atoms with van der Waals surface area (Å²) in [6.07, 6.45) is 0.286. The van der Waals surface area contributed by atoms with Crippen LogP contribution in [-0.4, -0.2) is 61.0 Å². The average molecular weight is 450 g/mol. The summed E-state index contributed by atoms with van der Waals surface area (Å²) in [6.45, 7) is 1.93. The number of hydrogen-bond donors (Lipinski definition) is 1. The molecule has 0 unspecified atom stereocenters. The van der Waals surface area contributed by atoms with Crippen molar-refractivity contribution < 1.29 is 23.5 Å². The third kappa shape index (κ3) is 4.72. The van der Waals surface area contributed by atoms with Gasteiger partial charge in [0.1, 0.15) is 0 Å². The highest BCUT2D eigenvalue weighted by molar-refractivity contribution is 9.10. The number of benzene rings is 1. The average Bonchev–Trinajstić information content (AvgIpc) is 2.99. The van der Waals surface area contributed by atoms with Crippen molar-refractivity contribution in [3.05, 3.63) is 52.4 Å². The molecule has 148 valence electrons. The van der Waals surface area contributed by atoms with Gasteiger partial charge in [0.05, 0.1) is 7.11 Å². The van der Waals surface area contributed by atoms with Gasteiger partial charge in [0.25, 0.3) is 11.8 Å². The van der Waals surface area contributed by atoms with Gasteiger partial charge >= 0.3 is 6.09 Å². The molecule has 1 aromatic carbocycles. The topological polar surface area (TPSA) is 92.1 Å². The number of carbonyl (C=O) groups excluding carboxylic acids is 3. The number of hydrogen-bond acceptors (Lipinski definition) is 5. The zero-order valence-electron chi connectivity index (χ0n) is 15.3. The van der Waals surface area contributed by atoms with E-state index in [-0.39, 0.29) is 17.8 Å². The molecule has 1 aliphatic heterocycles. The van der Waals surface area contributed by atoms with Crippen LogP contribution in [0.15, 0.2) is 45.5 Å². The second-order valence-electron chi connectivity index (χ2n) is 6.24. The minimum absolute atomic E-state index is 0.149. The molecule has 2 heterocycles. The van der Waals surface area contributed by atoms with Gasteiger partial charge in [-0.2, -0.15) is 0 Å². The molecule has 1 aliphatic rings. The number of carbonyl (C=O) groups is 3. The van der Waals surface area contributed by atoms with Crippen molar-refractivity contribution in [3.8, 4) is 0 Å². The lowest BCUT2D eigenvalue weighted by Gasteiger charge is -2.21. The van der Waals surface area contributed by atoms with Crippen molar-refractivity contribution >= 4 is 39.5 Å². The van der Waals surface area contributed by atoms with E-state index in [4.69, 9.17) is 9.15 Å². The highest BCUT2D eigenvalue weighted by Crippen LogP contribution is 2.18. The monoisotopic (exact) mass is 449 g/mol. The van der Waals surface area contributed by atoms with Gasteiger partial charge in [-0.1, -0.05) is 6.07 Å². The molecule has 1 aromatic heterocycles. The Kier molecular flexibility index (Phi) is 6.35. The quantitative estimate of drug-likeness (QED) is 0.776. The fraction of sp³-hybridized carbons (Fsp3) is 0.316. The zero-order valence-corrected chi connectivity index (χ0v) is 16.9. The fourth-order valence-corrected chi connectivity index (χ4v) is 3.28. The Morgan fingerprint density at radius 2 is 1.82 bits per heavy atom. The van der Waals surface area contributed by atoms with E-state index in [0.717, 1.165) is 0 Å². The van der Waals surface area contributed by atoms with E-state index in [1.807, 2.05) is 0 Å². The van der Waals surface area contributed by atoms with Crippen molar-refractivity contribution in [2.45, 2.75) is 6.42 Å².